The van der Waals surface area contributed by atoms with Gasteiger partial charge in [-0.05, 0) is 43.5 Å². The lowest BCUT2D eigenvalue weighted by Gasteiger charge is -2.07. The summed E-state index contributed by atoms with van der Waals surface area (Å²) in [5.74, 6) is 0.481. The van der Waals surface area contributed by atoms with Crippen LogP contribution < -0.4 is 4.74 Å². The quantitative estimate of drug-likeness (QED) is 0.265. The summed E-state index contributed by atoms with van der Waals surface area (Å²) in [5, 5.41) is 0. The zero-order chi connectivity index (χ0) is 14.8. The van der Waals surface area contributed by atoms with Gasteiger partial charge in [0, 0.05) is 17.9 Å². The van der Waals surface area contributed by atoms with Crippen LogP contribution in [0.1, 0.15) is 35.7 Å². The first-order valence-electron chi connectivity index (χ1n) is 7.37. The molecule has 1 aliphatic carbocycles. The van der Waals surface area contributed by atoms with Gasteiger partial charge in [0.1, 0.15) is 11.3 Å². The fourth-order valence-corrected chi connectivity index (χ4v) is 2.44. The second-order valence-corrected chi connectivity index (χ2v) is 5.38. The van der Waals surface area contributed by atoms with Crippen molar-refractivity contribution in [2.75, 3.05) is 13.2 Å². The molecule has 3 rings (SSSR count). The third-order valence-electron chi connectivity index (χ3n) is 3.78. The summed E-state index contributed by atoms with van der Waals surface area (Å²) in [4.78, 5) is 24.9. The molecule has 1 heterocycles. The first kappa shape index (κ1) is 13.9. The summed E-state index contributed by atoms with van der Waals surface area (Å²) in [6.45, 7) is 2.91. The Labute approximate surface area is 123 Å². The number of hydrogen-bond acceptors (Lipinski definition) is 4. The predicted octanol–water partition coefficient (Wildman–Crippen LogP) is 2.70. The number of carbonyl (C=O) groups is 2. The van der Waals surface area contributed by atoms with Crippen LogP contribution in [0.3, 0.4) is 0 Å². The molecule has 0 atom stereocenters. The molecule has 0 unspecified atom stereocenters. The van der Waals surface area contributed by atoms with Crippen LogP contribution in [0, 0.1) is 5.92 Å². The second kappa shape index (κ2) is 5.72. The van der Waals surface area contributed by atoms with E-state index >= 15 is 0 Å². The Morgan fingerprint density at radius 1 is 1.38 bits per heavy atom. The van der Waals surface area contributed by atoms with E-state index in [1.165, 1.54) is 6.26 Å². The molecule has 1 fully saturated rings. The minimum Gasteiger partial charge on any atom is -0.501 e. The van der Waals surface area contributed by atoms with Gasteiger partial charge in [-0.15, -0.1) is 0 Å². The van der Waals surface area contributed by atoms with Crippen LogP contribution >= 0.6 is 0 Å². The molecule has 0 amide bonds. The van der Waals surface area contributed by atoms with Crippen LogP contribution in [0.5, 0.6) is 5.75 Å². The Kier molecular flexibility index (Phi) is 3.78. The van der Waals surface area contributed by atoms with Gasteiger partial charge < -0.3 is 9.47 Å². The SMILES string of the molecule is CCOC=C(C(=O)c1ccc2c(c1)CCO2)C(=O)C1CC1. The molecule has 1 aromatic rings. The highest BCUT2D eigenvalue weighted by Crippen LogP contribution is 2.34. The zero-order valence-corrected chi connectivity index (χ0v) is 12.1. The fourth-order valence-electron chi connectivity index (χ4n) is 2.44. The van der Waals surface area contributed by atoms with E-state index in [0.717, 1.165) is 30.6 Å². The first-order chi connectivity index (χ1) is 10.2. The molecule has 0 bridgehead atoms. The Bertz CT molecular complexity index is 611. The van der Waals surface area contributed by atoms with Gasteiger partial charge in [0.25, 0.3) is 0 Å². The molecule has 1 aliphatic heterocycles. The highest BCUT2D eigenvalue weighted by Gasteiger charge is 2.35. The molecule has 1 aromatic carbocycles. The van der Waals surface area contributed by atoms with Crippen molar-refractivity contribution >= 4 is 11.6 Å². The Balaban J connectivity index is 1.88. The van der Waals surface area contributed by atoms with E-state index in [0.29, 0.717) is 18.8 Å². The van der Waals surface area contributed by atoms with Crippen LogP contribution in [-0.2, 0) is 16.0 Å². The van der Waals surface area contributed by atoms with Gasteiger partial charge >= 0.3 is 0 Å². The van der Waals surface area contributed by atoms with E-state index in [2.05, 4.69) is 0 Å². The maximum atomic E-state index is 12.6. The maximum absolute atomic E-state index is 12.6. The van der Waals surface area contributed by atoms with Crippen molar-refractivity contribution in [1.29, 1.82) is 0 Å². The monoisotopic (exact) mass is 286 g/mol. The summed E-state index contributed by atoms with van der Waals surface area (Å²) in [6, 6.07) is 5.34. The smallest absolute Gasteiger partial charge is 0.199 e. The van der Waals surface area contributed by atoms with E-state index in [9.17, 15) is 9.59 Å². The standard InChI is InChI=1S/C17H18O4/c1-2-20-10-14(16(18)11-3-4-11)17(19)13-5-6-15-12(9-13)7-8-21-15/h5-6,9-11H,2-4,7-8H2,1H3. The Morgan fingerprint density at radius 2 is 2.19 bits per heavy atom. The van der Waals surface area contributed by atoms with E-state index in [1.54, 1.807) is 12.1 Å². The number of hydrogen-bond donors (Lipinski definition) is 0. The average molecular weight is 286 g/mol. The molecule has 0 saturated heterocycles. The molecule has 2 aliphatic rings. The van der Waals surface area contributed by atoms with Crippen LogP contribution in [0.4, 0.5) is 0 Å². The van der Waals surface area contributed by atoms with Gasteiger partial charge in [-0.3, -0.25) is 9.59 Å². The minimum atomic E-state index is -0.255. The highest BCUT2D eigenvalue weighted by molar-refractivity contribution is 6.27. The van der Waals surface area contributed by atoms with E-state index in [1.807, 2.05) is 13.0 Å². The lowest BCUT2D eigenvalue weighted by Crippen LogP contribution is -2.15. The lowest BCUT2D eigenvalue weighted by molar-refractivity contribution is -0.116. The number of fused-ring (bicyclic) bond motifs is 1. The molecular weight excluding hydrogens is 268 g/mol. The fraction of sp³-hybridized carbons (Fsp3) is 0.412. The van der Waals surface area contributed by atoms with Gasteiger partial charge in [0.15, 0.2) is 11.6 Å². The molecule has 1 saturated carbocycles. The van der Waals surface area contributed by atoms with Gasteiger partial charge in [-0.2, -0.15) is 0 Å². The molecule has 21 heavy (non-hydrogen) atoms. The molecule has 4 heteroatoms. The number of allylic oxidation sites excluding steroid dienone is 1. The van der Waals surface area contributed by atoms with Crippen molar-refractivity contribution in [2.24, 2.45) is 5.92 Å². The number of Topliss-reactive ketones (excluding diaryl/α,β-unsaturated/α-hetero) is 2. The second-order valence-electron chi connectivity index (χ2n) is 5.38. The maximum Gasteiger partial charge on any atom is 0.199 e. The van der Waals surface area contributed by atoms with Gasteiger partial charge in [-0.1, -0.05) is 0 Å². The van der Waals surface area contributed by atoms with Gasteiger partial charge in [0.2, 0.25) is 0 Å². The minimum absolute atomic E-state index is 0.00147. The molecular formula is C17H18O4. The molecule has 0 spiro atoms. The number of ketones is 2. The Morgan fingerprint density at radius 3 is 2.90 bits per heavy atom. The van der Waals surface area contributed by atoms with E-state index in [-0.39, 0.29) is 23.1 Å². The van der Waals surface area contributed by atoms with Crippen LogP contribution in [0.2, 0.25) is 0 Å². The molecule has 0 N–H and O–H groups in total. The van der Waals surface area contributed by atoms with Crippen molar-refractivity contribution < 1.29 is 19.1 Å². The average Bonchev–Trinajstić information content (AvgIpc) is 3.24. The highest BCUT2D eigenvalue weighted by atomic mass is 16.5. The third kappa shape index (κ3) is 2.84. The summed E-state index contributed by atoms with van der Waals surface area (Å²) in [6.07, 6.45) is 3.87. The van der Waals surface area contributed by atoms with Gasteiger partial charge in [-0.25, -0.2) is 0 Å². The normalized spacial score (nSPS) is 17.1. The molecule has 0 radical (unpaired) electrons. The topological polar surface area (TPSA) is 52.6 Å². The third-order valence-corrected chi connectivity index (χ3v) is 3.78. The summed E-state index contributed by atoms with van der Waals surface area (Å²) < 4.78 is 10.6. The van der Waals surface area contributed by atoms with E-state index < -0.39 is 0 Å². The number of carbonyl (C=O) groups excluding carboxylic acids is 2. The van der Waals surface area contributed by atoms with Gasteiger partial charge in [0.05, 0.1) is 19.5 Å². The van der Waals surface area contributed by atoms with Crippen molar-refractivity contribution in [2.45, 2.75) is 26.2 Å². The van der Waals surface area contributed by atoms with Crippen molar-refractivity contribution in [3.63, 3.8) is 0 Å². The van der Waals surface area contributed by atoms with Crippen LogP contribution in [-0.4, -0.2) is 24.8 Å². The van der Waals surface area contributed by atoms with Crippen molar-refractivity contribution in [3.8, 4) is 5.75 Å². The molecule has 110 valence electrons. The van der Waals surface area contributed by atoms with E-state index in [4.69, 9.17) is 9.47 Å². The number of benzene rings is 1. The van der Waals surface area contributed by atoms with Crippen LogP contribution in [0.15, 0.2) is 30.0 Å². The first-order valence-corrected chi connectivity index (χ1v) is 7.37. The van der Waals surface area contributed by atoms with Crippen molar-refractivity contribution in [1.82, 2.24) is 0 Å². The predicted molar refractivity (Wildman–Crippen MR) is 77.4 cm³/mol. The van der Waals surface area contributed by atoms with Crippen molar-refractivity contribution in [3.05, 3.63) is 41.2 Å². The largest absolute Gasteiger partial charge is 0.501 e. The number of ether oxygens (including phenoxy) is 2. The summed E-state index contributed by atoms with van der Waals surface area (Å²) >= 11 is 0. The molecule has 0 aromatic heterocycles. The summed E-state index contributed by atoms with van der Waals surface area (Å²) in [5.41, 5.74) is 1.72. The Hall–Kier alpha value is -2.10. The zero-order valence-electron chi connectivity index (χ0n) is 12.1. The molecule has 4 nitrogen and oxygen atoms in total. The van der Waals surface area contributed by atoms with Crippen LogP contribution in [0.25, 0.3) is 0 Å². The lowest BCUT2D eigenvalue weighted by atomic mass is 9.97. The summed E-state index contributed by atoms with van der Waals surface area (Å²) in [7, 11) is 0. The number of rotatable bonds is 6.